The zero-order valence-corrected chi connectivity index (χ0v) is 49.7. The number of esters is 3. The van der Waals surface area contributed by atoms with E-state index in [1.807, 2.05) is 0 Å². The van der Waals surface area contributed by atoms with Crippen LogP contribution in [0.2, 0.25) is 0 Å². The van der Waals surface area contributed by atoms with Crippen molar-refractivity contribution in [2.45, 2.75) is 386 Å². The van der Waals surface area contributed by atoms with Crippen LogP contribution in [-0.4, -0.2) is 37.2 Å². The van der Waals surface area contributed by atoms with Crippen molar-refractivity contribution in [2.24, 2.45) is 0 Å². The van der Waals surface area contributed by atoms with Gasteiger partial charge in [0.1, 0.15) is 13.2 Å². The smallest absolute Gasteiger partial charge is 0.306 e. The van der Waals surface area contributed by atoms with Gasteiger partial charge in [-0.1, -0.05) is 328 Å². The summed E-state index contributed by atoms with van der Waals surface area (Å²) in [6.07, 6.45) is 74.0. The summed E-state index contributed by atoms with van der Waals surface area (Å²) in [7, 11) is 0. The summed E-state index contributed by atoms with van der Waals surface area (Å²) >= 11 is 0. The van der Waals surface area contributed by atoms with E-state index in [1.165, 1.54) is 283 Å². The second kappa shape index (κ2) is 62.7. The van der Waals surface area contributed by atoms with Crippen LogP contribution in [-0.2, 0) is 28.6 Å². The average Bonchev–Trinajstić information content (AvgIpc) is 3.39. The molecule has 432 valence electrons. The topological polar surface area (TPSA) is 78.9 Å². The van der Waals surface area contributed by atoms with Crippen molar-refractivity contribution < 1.29 is 28.6 Å². The van der Waals surface area contributed by atoms with Crippen molar-refractivity contribution >= 4 is 17.9 Å². The van der Waals surface area contributed by atoms with E-state index in [4.69, 9.17) is 14.2 Å². The molecule has 0 bridgehead atoms. The Bertz CT molecular complexity index is 1130. The minimum Gasteiger partial charge on any atom is -0.462 e. The maximum atomic E-state index is 12.9. The van der Waals surface area contributed by atoms with Gasteiger partial charge in [0.2, 0.25) is 0 Å². The largest absolute Gasteiger partial charge is 0.462 e. The molecule has 6 nitrogen and oxygen atoms in total. The van der Waals surface area contributed by atoms with Crippen LogP contribution in [0.25, 0.3) is 0 Å². The maximum absolute atomic E-state index is 12.9. The highest BCUT2D eigenvalue weighted by Crippen LogP contribution is 2.18. The van der Waals surface area contributed by atoms with Crippen LogP contribution in [0.5, 0.6) is 0 Å². The summed E-state index contributed by atoms with van der Waals surface area (Å²) < 4.78 is 16.9. The summed E-state index contributed by atoms with van der Waals surface area (Å²) in [4.78, 5) is 38.1. The zero-order valence-electron chi connectivity index (χ0n) is 49.7. The highest BCUT2D eigenvalue weighted by molar-refractivity contribution is 5.71. The molecular weight excluding hydrogens is 901 g/mol. The van der Waals surface area contributed by atoms with Gasteiger partial charge >= 0.3 is 17.9 Å². The summed E-state index contributed by atoms with van der Waals surface area (Å²) in [6.45, 7) is 6.67. The quantitative estimate of drug-likeness (QED) is 0.0261. The summed E-state index contributed by atoms with van der Waals surface area (Å²) in [5.41, 5.74) is 0. The lowest BCUT2D eigenvalue weighted by atomic mass is 10.0. The third-order valence-corrected chi connectivity index (χ3v) is 15.3. The van der Waals surface area contributed by atoms with E-state index in [-0.39, 0.29) is 31.1 Å². The van der Waals surface area contributed by atoms with Gasteiger partial charge in [-0.3, -0.25) is 14.4 Å². The van der Waals surface area contributed by atoms with Gasteiger partial charge in [-0.25, -0.2) is 0 Å². The van der Waals surface area contributed by atoms with Crippen LogP contribution >= 0.6 is 0 Å². The van der Waals surface area contributed by atoms with E-state index in [0.29, 0.717) is 19.3 Å². The van der Waals surface area contributed by atoms with Gasteiger partial charge in [0.15, 0.2) is 6.10 Å². The number of carbonyl (C=O) groups is 3. The van der Waals surface area contributed by atoms with Crippen molar-refractivity contribution in [1.29, 1.82) is 0 Å². The normalized spacial score (nSPS) is 12.0. The highest BCUT2D eigenvalue weighted by Gasteiger charge is 2.19. The van der Waals surface area contributed by atoms with E-state index in [1.54, 1.807) is 0 Å². The number of carbonyl (C=O) groups excluding carboxylic acids is 3. The first-order chi connectivity index (χ1) is 36.0. The molecule has 0 fully saturated rings. The highest BCUT2D eigenvalue weighted by atomic mass is 16.6. The zero-order chi connectivity index (χ0) is 52.9. The molecule has 0 saturated heterocycles. The maximum Gasteiger partial charge on any atom is 0.306 e. The van der Waals surface area contributed by atoms with Crippen LogP contribution in [0.15, 0.2) is 12.2 Å². The number of ether oxygens (including phenoxy) is 3. The molecule has 0 saturated carbocycles. The van der Waals surface area contributed by atoms with E-state index in [0.717, 1.165) is 57.8 Å². The number of rotatable bonds is 62. The minimum atomic E-state index is -0.763. The fourth-order valence-electron chi connectivity index (χ4n) is 10.3. The van der Waals surface area contributed by atoms with Crippen LogP contribution in [0.4, 0.5) is 0 Å². The number of unbranched alkanes of at least 4 members (excludes halogenated alkanes) is 49. The van der Waals surface area contributed by atoms with E-state index >= 15 is 0 Å². The van der Waals surface area contributed by atoms with Crippen molar-refractivity contribution in [2.75, 3.05) is 13.2 Å². The third kappa shape index (κ3) is 60.9. The van der Waals surface area contributed by atoms with Crippen molar-refractivity contribution in [3.8, 4) is 0 Å². The molecule has 0 heterocycles. The standard InChI is InChI=1S/C67H128O6/c1-4-7-10-13-16-18-20-22-24-26-28-30-31-32-33-34-35-37-38-40-42-44-46-48-51-54-57-60-66(69)72-63-64(62-71-65(68)59-56-53-50-15-12-9-6-3)73-67(70)61-58-55-52-49-47-45-43-41-39-36-29-27-25-23-21-19-17-14-11-8-5-2/h26,28,64H,4-25,27,29-63H2,1-3H3/b28-26-. The molecule has 1 unspecified atom stereocenters. The second-order valence-electron chi connectivity index (χ2n) is 22.7. The van der Waals surface area contributed by atoms with Gasteiger partial charge in [0.25, 0.3) is 0 Å². The Labute approximate surface area is 456 Å². The van der Waals surface area contributed by atoms with Gasteiger partial charge in [0.05, 0.1) is 0 Å². The fourth-order valence-corrected chi connectivity index (χ4v) is 10.3. The summed E-state index contributed by atoms with van der Waals surface area (Å²) in [5, 5.41) is 0. The lowest BCUT2D eigenvalue weighted by Crippen LogP contribution is -2.30. The third-order valence-electron chi connectivity index (χ3n) is 15.3. The number of hydrogen-bond donors (Lipinski definition) is 0. The Hall–Kier alpha value is -1.85. The lowest BCUT2D eigenvalue weighted by Gasteiger charge is -2.18. The predicted molar refractivity (Wildman–Crippen MR) is 317 cm³/mol. The Kier molecular flexibility index (Phi) is 61.1. The van der Waals surface area contributed by atoms with Crippen molar-refractivity contribution in [1.82, 2.24) is 0 Å². The van der Waals surface area contributed by atoms with Crippen LogP contribution in [0, 0.1) is 0 Å². The molecule has 1 atom stereocenters. The molecule has 0 aliphatic carbocycles. The molecule has 0 spiro atoms. The predicted octanol–water partition coefficient (Wildman–Crippen LogP) is 22.4. The first-order valence-electron chi connectivity index (χ1n) is 33.2. The SMILES string of the molecule is CCCCCCCCCC/C=C\CCCCCCCCCCCCCCCCCC(=O)OCC(COC(=O)CCCCCCCCC)OC(=O)CCCCCCCCCCCCCCCCCCCCCCC. The molecule has 0 rings (SSSR count). The second-order valence-corrected chi connectivity index (χ2v) is 22.7. The first-order valence-corrected chi connectivity index (χ1v) is 33.2. The summed E-state index contributed by atoms with van der Waals surface area (Å²) in [5.74, 6) is -0.841. The Morgan fingerprint density at radius 1 is 0.260 bits per heavy atom. The molecule has 0 N–H and O–H groups in total. The minimum absolute atomic E-state index is 0.0636. The molecule has 0 radical (unpaired) electrons. The Morgan fingerprint density at radius 3 is 0.685 bits per heavy atom. The van der Waals surface area contributed by atoms with Crippen LogP contribution in [0.3, 0.4) is 0 Å². The molecule has 0 aromatic heterocycles. The molecule has 0 amide bonds. The molecule has 0 aromatic rings. The average molecular weight is 1030 g/mol. The van der Waals surface area contributed by atoms with E-state index in [9.17, 15) is 14.4 Å². The van der Waals surface area contributed by atoms with Crippen molar-refractivity contribution in [3.05, 3.63) is 12.2 Å². The van der Waals surface area contributed by atoms with Gasteiger partial charge in [-0.2, -0.15) is 0 Å². The molecule has 6 heteroatoms. The summed E-state index contributed by atoms with van der Waals surface area (Å²) in [6, 6.07) is 0. The van der Waals surface area contributed by atoms with Gasteiger partial charge in [-0.05, 0) is 44.9 Å². The van der Waals surface area contributed by atoms with Crippen LogP contribution < -0.4 is 0 Å². The Balaban J connectivity index is 4.03. The van der Waals surface area contributed by atoms with Gasteiger partial charge in [-0.15, -0.1) is 0 Å². The molecule has 0 aromatic carbocycles. The van der Waals surface area contributed by atoms with E-state index in [2.05, 4.69) is 32.9 Å². The molecule has 0 aliphatic heterocycles. The van der Waals surface area contributed by atoms with Gasteiger partial charge < -0.3 is 14.2 Å². The Morgan fingerprint density at radius 2 is 0.452 bits per heavy atom. The lowest BCUT2D eigenvalue weighted by molar-refractivity contribution is -0.167. The van der Waals surface area contributed by atoms with Gasteiger partial charge in [0, 0.05) is 19.3 Å². The first kappa shape index (κ1) is 71.2. The fraction of sp³-hybridized carbons (Fsp3) is 0.925. The number of allylic oxidation sites excluding steroid dienone is 2. The van der Waals surface area contributed by atoms with Crippen LogP contribution in [0.1, 0.15) is 380 Å². The molecule has 73 heavy (non-hydrogen) atoms. The van der Waals surface area contributed by atoms with E-state index < -0.39 is 6.10 Å². The van der Waals surface area contributed by atoms with Crippen molar-refractivity contribution in [3.63, 3.8) is 0 Å². The monoisotopic (exact) mass is 1030 g/mol. The molecule has 0 aliphatic rings. The number of hydrogen-bond acceptors (Lipinski definition) is 6. The molecular formula is C67H128O6.